The number of aryl methyl sites for hydroxylation is 1. The summed E-state index contributed by atoms with van der Waals surface area (Å²) >= 11 is 0. The van der Waals surface area contributed by atoms with Crippen LogP contribution in [0.25, 0.3) is 0 Å². The van der Waals surface area contributed by atoms with Gasteiger partial charge in [0.15, 0.2) is 0 Å². The Bertz CT molecular complexity index is 470. The Kier molecular flexibility index (Phi) is 3.50. The van der Waals surface area contributed by atoms with E-state index in [9.17, 15) is 9.59 Å². The predicted molar refractivity (Wildman–Crippen MR) is 64.5 cm³/mol. The number of nitrogens with zero attached hydrogens (tertiary/aromatic N) is 1. The van der Waals surface area contributed by atoms with Gasteiger partial charge in [0, 0.05) is 19.5 Å². The van der Waals surface area contributed by atoms with Crippen LogP contribution in [0.4, 0.5) is 4.79 Å². The average molecular weight is 249 g/mol. The van der Waals surface area contributed by atoms with Gasteiger partial charge in [-0.05, 0) is 29.5 Å². The minimum absolute atomic E-state index is 0.110. The van der Waals surface area contributed by atoms with Crippen molar-refractivity contribution in [3.05, 3.63) is 34.9 Å². The minimum Gasteiger partial charge on any atom is -0.481 e. The third-order valence-corrected chi connectivity index (χ3v) is 3.24. The van der Waals surface area contributed by atoms with Crippen LogP contribution in [0, 0.1) is 0 Å². The number of carboxylic acids is 1. The highest BCUT2D eigenvalue weighted by Gasteiger charge is 2.21. The maximum absolute atomic E-state index is 10.9. The van der Waals surface area contributed by atoms with Crippen LogP contribution >= 0.6 is 0 Å². The quantitative estimate of drug-likeness (QED) is 0.855. The molecular formula is C13H15NO4. The molecule has 0 aromatic heterocycles. The lowest BCUT2D eigenvalue weighted by Crippen LogP contribution is -2.35. The highest BCUT2D eigenvalue weighted by Crippen LogP contribution is 2.23. The first-order valence-electron chi connectivity index (χ1n) is 5.87. The maximum Gasteiger partial charge on any atom is 0.407 e. The molecule has 1 aromatic carbocycles. The van der Waals surface area contributed by atoms with Gasteiger partial charge in [0.05, 0.1) is 0 Å². The Hall–Kier alpha value is -2.04. The lowest BCUT2D eigenvalue weighted by Gasteiger charge is -2.28. The molecule has 1 aromatic rings. The van der Waals surface area contributed by atoms with Crippen molar-refractivity contribution in [1.29, 1.82) is 0 Å². The Labute approximate surface area is 105 Å². The molecule has 0 unspecified atom stereocenters. The van der Waals surface area contributed by atoms with E-state index in [2.05, 4.69) is 0 Å². The van der Waals surface area contributed by atoms with Crippen molar-refractivity contribution in [1.82, 2.24) is 4.90 Å². The van der Waals surface area contributed by atoms with Gasteiger partial charge in [-0.1, -0.05) is 18.2 Å². The van der Waals surface area contributed by atoms with Crippen molar-refractivity contribution in [2.75, 3.05) is 6.54 Å². The molecule has 96 valence electrons. The fraction of sp³-hybridized carbons (Fsp3) is 0.385. The number of rotatable bonds is 3. The summed E-state index contributed by atoms with van der Waals surface area (Å²) in [6, 6.07) is 5.70. The van der Waals surface area contributed by atoms with Gasteiger partial charge in [0.2, 0.25) is 0 Å². The normalized spacial score (nSPS) is 14.1. The van der Waals surface area contributed by atoms with E-state index in [4.69, 9.17) is 10.2 Å². The molecule has 5 heteroatoms. The number of amides is 1. The van der Waals surface area contributed by atoms with Crippen LogP contribution in [-0.2, 0) is 24.2 Å². The van der Waals surface area contributed by atoms with E-state index < -0.39 is 12.1 Å². The first-order valence-corrected chi connectivity index (χ1v) is 5.87. The Morgan fingerprint density at radius 3 is 2.72 bits per heavy atom. The van der Waals surface area contributed by atoms with E-state index in [1.165, 1.54) is 4.90 Å². The molecule has 5 nitrogen and oxygen atoms in total. The number of fused-ring (bicyclic) bond motifs is 1. The smallest absolute Gasteiger partial charge is 0.407 e. The van der Waals surface area contributed by atoms with Gasteiger partial charge in [-0.25, -0.2) is 4.79 Å². The van der Waals surface area contributed by atoms with Crippen molar-refractivity contribution in [3.8, 4) is 0 Å². The van der Waals surface area contributed by atoms with E-state index >= 15 is 0 Å². The third-order valence-electron chi connectivity index (χ3n) is 3.24. The summed E-state index contributed by atoms with van der Waals surface area (Å²) in [4.78, 5) is 22.9. The van der Waals surface area contributed by atoms with Gasteiger partial charge in [-0.2, -0.15) is 0 Å². The molecule has 0 bridgehead atoms. The first kappa shape index (κ1) is 12.4. The van der Waals surface area contributed by atoms with Crippen LogP contribution in [0.3, 0.4) is 0 Å². The molecular weight excluding hydrogens is 234 g/mol. The second kappa shape index (κ2) is 5.08. The van der Waals surface area contributed by atoms with Gasteiger partial charge < -0.3 is 15.1 Å². The zero-order chi connectivity index (χ0) is 13.1. The Morgan fingerprint density at radius 2 is 2.06 bits per heavy atom. The molecule has 1 aliphatic rings. The molecule has 1 amide bonds. The molecule has 2 rings (SSSR count). The molecule has 0 fully saturated rings. The van der Waals surface area contributed by atoms with Crippen molar-refractivity contribution in [2.24, 2.45) is 0 Å². The summed E-state index contributed by atoms with van der Waals surface area (Å²) in [6.07, 6.45) is 0.374. The predicted octanol–water partition coefficient (Wildman–Crippen LogP) is 1.74. The molecule has 0 spiro atoms. The van der Waals surface area contributed by atoms with Crippen LogP contribution in [-0.4, -0.2) is 33.7 Å². The zero-order valence-electron chi connectivity index (χ0n) is 9.93. The van der Waals surface area contributed by atoms with Crippen molar-refractivity contribution < 1.29 is 19.8 Å². The van der Waals surface area contributed by atoms with Crippen LogP contribution in [0.1, 0.15) is 23.1 Å². The van der Waals surface area contributed by atoms with E-state index in [1.54, 1.807) is 0 Å². The lowest BCUT2D eigenvalue weighted by atomic mass is 9.92. The molecule has 0 saturated carbocycles. The highest BCUT2D eigenvalue weighted by molar-refractivity contribution is 5.67. The number of carboxylic acid groups (broad SMARTS) is 2. The molecule has 1 aliphatic heterocycles. The van der Waals surface area contributed by atoms with Gasteiger partial charge >= 0.3 is 12.1 Å². The summed E-state index contributed by atoms with van der Waals surface area (Å²) < 4.78 is 0. The first-order chi connectivity index (χ1) is 8.58. The van der Waals surface area contributed by atoms with Crippen LogP contribution < -0.4 is 0 Å². The molecule has 1 heterocycles. The number of benzene rings is 1. The second-order valence-electron chi connectivity index (χ2n) is 4.40. The van der Waals surface area contributed by atoms with E-state index in [-0.39, 0.29) is 6.42 Å². The number of carbonyl (C=O) groups is 2. The summed E-state index contributed by atoms with van der Waals surface area (Å²) in [5, 5.41) is 17.7. The Balaban J connectivity index is 2.19. The van der Waals surface area contributed by atoms with Crippen LogP contribution in [0.2, 0.25) is 0 Å². The Morgan fingerprint density at radius 1 is 1.28 bits per heavy atom. The van der Waals surface area contributed by atoms with Crippen LogP contribution in [0.5, 0.6) is 0 Å². The van der Waals surface area contributed by atoms with E-state index in [0.717, 1.165) is 16.7 Å². The van der Waals surface area contributed by atoms with Gasteiger partial charge in [0.25, 0.3) is 0 Å². The zero-order valence-corrected chi connectivity index (χ0v) is 9.93. The number of hydrogen-bond acceptors (Lipinski definition) is 2. The van der Waals surface area contributed by atoms with Crippen molar-refractivity contribution in [3.63, 3.8) is 0 Å². The SMILES string of the molecule is O=C(O)CCc1cccc2c1CCN(C(=O)O)C2. The number of hydrogen-bond donors (Lipinski definition) is 2. The molecule has 0 saturated heterocycles. The van der Waals surface area contributed by atoms with Gasteiger partial charge in [-0.3, -0.25) is 4.79 Å². The summed E-state index contributed by atoms with van der Waals surface area (Å²) in [5.74, 6) is -0.810. The summed E-state index contributed by atoms with van der Waals surface area (Å²) in [6.45, 7) is 0.873. The summed E-state index contributed by atoms with van der Waals surface area (Å²) in [7, 11) is 0. The fourth-order valence-corrected chi connectivity index (χ4v) is 2.33. The molecule has 0 atom stereocenters. The highest BCUT2D eigenvalue weighted by atomic mass is 16.4. The van der Waals surface area contributed by atoms with Crippen LogP contribution in [0.15, 0.2) is 18.2 Å². The molecule has 0 radical (unpaired) electrons. The van der Waals surface area contributed by atoms with Gasteiger partial charge in [0.1, 0.15) is 0 Å². The third kappa shape index (κ3) is 2.61. The summed E-state index contributed by atoms with van der Waals surface area (Å²) in [5.41, 5.74) is 3.14. The van der Waals surface area contributed by atoms with E-state index in [0.29, 0.717) is 25.9 Å². The number of aliphatic carboxylic acids is 1. The van der Waals surface area contributed by atoms with Crippen molar-refractivity contribution in [2.45, 2.75) is 25.8 Å². The topological polar surface area (TPSA) is 77.8 Å². The van der Waals surface area contributed by atoms with Crippen molar-refractivity contribution >= 4 is 12.1 Å². The molecule has 18 heavy (non-hydrogen) atoms. The largest absolute Gasteiger partial charge is 0.481 e. The average Bonchev–Trinajstić information content (AvgIpc) is 2.35. The van der Waals surface area contributed by atoms with Gasteiger partial charge in [-0.15, -0.1) is 0 Å². The fourth-order valence-electron chi connectivity index (χ4n) is 2.33. The standard InChI is InChI=1S/C13H15NO4/c15-12(16)5-4-9-2-1-3-10-8-14(13(17)18)7-6-11(9)10/h1-3H,4-8H2,(H,15,16)(H,17,18). The monoisotopic (exact) mass is 249 g/mol. The molecule has 2 N–H and O–H groups in total. The minimum atomic E-state index is -0.906. The molecule has 0 aliphatic carbocycles. The van der Waals surface area contributed by atoms with E-state index in [1.807, 2.05) is 18.2 Å². The lowest BCUT2D eigenvalue weighted by molar-refractivity contribution is -0.136. The second-order valence-corrected chi connectivity index (χ2v) is 4.40. The maximum atomic E-state index is 10.9.